The largest absolute Gasteiger partial charge is 0.497 e. The minimum atomic E-state index is 0.488. The lowest BCUT2D eigenvalue weighted by Crippen LogP contribution is -2.42. The van der Waals surface area contributed by atoms with Gasteiger partial charge in [-0.15, -0.1) is 0 Å². The number of nitrogens with one attached hydrogen (secondary N) is 3. The van der Waals surface area contributed by atoms with E-state index < -0.39 is 0 Å². The van der Waals surface area contributed by atoms with Crippen LogP contribution < -0.4 is 20.7 Å². The van der Waals surface area contributed by atoms with E-state index in [1.807, 2.05) is 51.1 Å². The molecule has 0 amide bonds. The molecule has 0 radical (unpaired) electrons. The van der Waals surface area contributed by atoms with Crippen LogP contribution >= 0.6 is 12.2 Å². The fourth-order valence-electron chi connectivity index (χ4n) is 2.40. The van der Waals surface area contributed by atoms with Crippen LogP contribution in [0, 0.1) is 13.8 Å². The molecule has 0 fully saturated rings. The molecule has 1 heterocycles. The molecule has 0 aliphatic heterocycles. The maximum atomic E-state index is 5.27. The molecule has 2 rings (SSSR count). The maximum Gasteiger partial charge on any atom is 0.229 e. The second-order valence-corrected chi connectivity index (χ2v) is 6.32. The van der Waals surface area contributed by atoms with Crippen LogP contribution in [0.25, 0.3) is 0 Å². The van der Waals surface area contributed by atoms with Crippen molar-refractivity contribution in [1.29, 1.82) is 0 Å². The number of benzene rings is 1. The highest BCUT2D eigenvalue weighted by Crippen LogP contribution is 2.11. The molecule has 0 saturated heterocycles. The van der Waals surface area contributed by atoms with Gasteiger partial charge in [-0.1, -0.05) is 12.1 Å². The quantitative estimate of drug-likeness (QED) is 0.400. The number of methoxy groups -OCH3 is 1. The molecule has 0 bridgehead atoms. The molecular formula is C19H26N6OS. The van der Waals surface area contributed by atoms with Gasteiger partial charge in [0.25, 0.3) is 0 Å². The Kier molecular flexibility index (Phi) is 7.94. The van der Waals surface area contributed by atoms with E-state index in [-0.39, 0.29) is 0 Å². The van der Waals surface area contributed by atoms with Gasteiger partial charge in [-0.2, -0.15) is 0 Å². The number of nitrogens with zero attached hydrogens (tertiary/aromatic N) is 3. The predicted octanol–water partition coefficient (Wildman–Crippen LogP) is 2.60. The lowest BCUT2D eigenvalue weighted by atomic mass is 10.1. The van der Waals surface area contributed by atoms with Gasteiger partial charge in [0.2, 0.25) is 11.9 Å². The van der Waals surface area contributed by atoms with Crippen molar-refractivity contribution in [2.24, 2.45) is 4.99 Å². The van der Waals surface area contributed by atoms with Gasteiger partial charge in [0, 0.05) is 24.5 Å². The van der Waals surface area contributed by atoms with Crippen molar-refractivity contribution in [3.05, 3.63) is 47.3 Å². The molecule has 0 unspecified atom stereocenters. The van der Waals surface area contributed by atoms with E-state index in [0.29, 0.717) is 23.6 Å². The van der Waals surface area contributed by atoms with Gasteiger partial charge in [-0.05, 0) is 63.2 Å². The Morgan fingerprint density at radius 3 is 2.41 bits per heavy atom. The molecule has 0 saturated carbocycles. The number of rotatable bonds is 6. The highest BCUT2D eigenvalue weighted by Gasteiger charge is 2.06. The minimum Gasteiger partial charge on any atom is -0.497 e. The number of anilines is 1. The second-order valence-electron chi connectivity index (χ2n) is 5.91. The molecule has 0 aliphatic rings. The number of guanidine groups is 1. The number of hydrogen-bond acceptors (Lipinski definition) is 5. The first kappa shape index (κ1) is 20.6. The Morgan fingerprint density at radius 1 is 1.15 bits per heavy atom. The van der Waals surface area contributed by atoms with E-state index >= 15 is 0 Å². The summed E-state index contributed by atoms with van der Waals surface area (Å²) in [6.45, 7) is 7.15. The molecule has 1 aromatic heterocycles. The van der Waals surface area contributed by atoms with Crippen molar-refractivity contribution in [2.45, 2.75) is 27.2 Å². The van der Waals surface area contributed by atoms with Crippen LogP contribution in [0.15, 0.2) is 35.3 Å². The third-order valence-electron chi connectivity index (χ3n) is 3.61. The lowest BCUT2D eigenvalue weighted by Gasteiger charge is -2.13. The standard InChI is InChI=1S/C19H26N6OS/c1-5-20-19(27)25-17(24-18-22-13(2)12-14(3)23-18)21-11-10-15-6-8-16(26-4)9-7-15/h6-9,12H,5,10-11H2,1-4H3,(H3,20,21,22,23,24,25,27). The fourth-order valence-corrected chi connectivity index (χ4v) is 2.64. The van der Waals surface area contributed by atoms with Crippen LogP contribution in [0.5, 0.6) is 5.75 Å². The maximum absolute atomic E-state index is 5.27. The smallest absolute Gasteiger partial charge is 0.229 e. The van der Waals surface area contributed by atoms with Gasteiger partial charge in [0.1, 0.15) is 5.75 Å². The van der Waals surface area contributed by atoms with Crippen molar-refractivity contribution >= 4 is 29.2 Å². The highest BCUT2D eigenvalue weighted by molar-refractivity contribution is 7.80. The zero-order valence-electron chi connectivity index (χ0n) is 16.2. The summed E-state index contributed by atoms with van der Waals surface area (Å²) >= 11 is 5.27. The molecule has 0 atom stereocenters. The average molecular weight is 387 g/mol. The molecule has 1 aromatic carbocycles. The van der Waals surface area contributed by atoms with Gasteiger partial charge < -0.3 is 15.4 Å². The monoisotopic (exact) mass is 386 g/mol. The summed E-state index contributed by atoms with van der Waals surface area (Å²) in [4.78, 5) is 13.4. The Morgan fingerprint density at radius 2 is 1.81 bits per heavy atom. The number of aliphatic imine (C=N–C) groups is 1. The van der Waals surface area contributed by atoms with E-state index in [1.165, 1.54) is 5.56 Å². The van der Waals surface area contributed by atoms with E-state index in [0.717, 1.165) is 30.1 Å². The van der Waals surface area contributed by atoms with Crippen LogP contribution in [0.2, 0.25) is 0 Å². The molecule has 144 valence electrons. The summed E-state index contributed by atoms with van der Waals surface area (Å²) in [6, 6.07) is 9.87. The van der Waals surface area contributed by atoms with Crippen molar-refractivity contribution in [1.82, 2.24) is 20.6 Å². The Labute approximate surface area is 165 Å². The van der Waals surface area contributed by atoms with Gasteiger partial charge in [0.15, 0.2) is 5.11 Å². The van der Waals surface area contributed by atoms with Gasteiger partial charge >= 0.3 is 0 Å². The van der Waals surface area contributed by atoms with Crippen LogP contribution in [0.1, 0.15) is 23.9 Å². The van der Waals surface area contributed by atoms with E-state index in [9.17, 15) is 0 Å². The molecule has 3 N–H and O–H groups in total. The molecule has 0 spiro atoms. The number of aromatic nitrogens is 2. The van der Waals surface area contributed by atoms with Crippen LogP contribution in [0.4, 0.5) is 5.95 Å². The normalized spacial score (nSPS) is 11.0. The predicted molar refractivity (Wildman–Crippen MR) is 114 cm³/mol. The van der Waals surface area contributed by atoms with E-state index in [4.69, 9.17) is 17.0 Å². The molecule has 27 heavy (non-hydrogen) atoms. The summed E-state index contributed by atoms with van der Waals surface area (Å²) < 4.78 is 5.18. The molecule has 0 aliphatic carbocycles. The molecule has 7 nitrogen and oxygen atoms in total. The van der Waals surface area contributed by atoms with Crippen molar-refractivity contribution in [2.75, 3.05) is 25.5 Å². The van der Waals surface area contributed by atoms with Crippen molar-refractivity contribution in [3.8, 4) is 5.75 Å². The first-order valence-electron chi connectivity index (χ1n) is 8.81. The molecule has 2 aromatic rings. The van der Waals surface area contributed by atoms with Crippen molar-refractivity contribution < 1.29 is 4.74 Å². The highest BCUT2D eigenvalue weighted by atomic mass is 32.1. The third-order valence-corrected chi connectivity index (χ3v) is 3.86. The summed E-state index contributed by atoms with van der Waals surface area (Å²) in [6.07, 6.45) is 0.790. The average Bonchev–Trinajstić information content (AvgIpc) is 2.61. The van der Waals surface area contributed by atoms with E-state index in [2.05, 4.69) is 30.9 Å². The van der Waals surface area contributed by atoms with Gasteiger partial charge in [0.05, 0.1) is 7.11 Å². The summed E-state index contributed by atoms with van der Waals surface area (Å²) in [5.74, 6) is 1.84. The number of aryl methyl sites for hydroxylation is 2. The molecular weight excluding hydrogens is 360 g/mol. The first-order chi connectivity index (χ1) is 13.0. The SMILES string of the molecule is CCNC(=S)NC(=NCCc1ccc(OC)cc1)Nc1nc(C)cc(C)n1. The number of ether oxygens (including phenoxy) is 1. The molecule has 8 heteroatoms. The van der Waals surface area contributed by atoms with Gasteiger partial charge in [-0.3, -0.25) is 10.3 Å². The second kappa shape index (κ2) is 10.4. The van der Waals surface area contributed by atoms with Crippen LogP contribution in [-0.2, 0) is 6.42 Å². The first-order valence-corrected chi connectivity index (χ1v) is 9.22. The summed E-state index contributed by atoms with van der Waals surface area (Å²) in [7, 11) is 1.66. The summed E-state index contributed by atoms with van der Waals surface area (Å²) in [5.41, 5.74) is 2.95. The van der Waals surface area contributed by atoms with Crippen LogP contribution in [-0.4, -0.2) is 41.2 Å². The summed E-state index contributed by atoms with van der Waals surface area (Å²) in [5, 5.41) is 9.74. The Hall–Kier alpha value is -2.74. The fraction of sp³-hybridized carbons (Fsp3) is 0.368. The Balaban J connectivity index is 2.07. The Bertz CT molecular complexity index is 771. The van der Waals surface area contributed by atoms with Crippen LogP contribution in [0.3, 0.4) is 0 Å². The number of thiocarbonyl (C=S) groups is 1. The zero-order valence-corrected chi connectivity index (χ0v) is 17.0. The number of hydrogen-bond donors (Lipinski definition) is 3. The minimum absolute atomic E-state index is 0.488. The lowest BCUT2D eigenvalue weighted by molar-refractivity contribution is 0.414. The topological polar surface area (TPSA) is 83.5 Å². The zero-order chi connectivity index (χ0) is 19.6. The third kappa shape index (κ3) is 7.18. The van der Waals surface area contributed by atoms with Crippen molar-refractivity contribution in [3.63, 3.8) is 0 Å². The van der Waals surface area contributed by atoms with Gasteiger partial charge in [-0.25, -0.2) is 9.97 Å². The van der Waals surface area contributed by atoms with E-state index in [1.54, 1.807) is 7.11 Å².